The average molecular weight is 368 g/mol. The van der Waals surface area contributed by atoms with Gasteiger partial charge in [0.1, 0.15) is 11.4 Å². The minimum absolute atomic E-state index is 0.0971. The van der Waals surface area contributed by atoms with Crippen LogP contribution < -0.4 is 4.74 Å². The highest BCUT2D eigenvalue weighted by atomic mass is 16.7. The van der Waals surface area contributed by atoms with Gasteiger partial charge < -0.3 is 18.6 Å². The van der Waals surface area contributed by atoms with Gasteiger partial charge in [0.25, 0.3) is 0 Å². The van der Waals surface area contributed by atoms with Crippen molar-refractivity contribution < 1.29 is 23.4 Å². The molecular formula is C22H24O5. The topological polar surface area (TPSA) is 57.9 Å². The number of allylic oxidation sites excluding steroid dienone is 2. The molecule has 142 valence electrons. The summed E-state index contributed by atoms with van der Waals surface area (Å²) in [6.07, 6.45) is 7.15. The van der Waals surface area contributed by atoms with Gasteiger partial charge in [0.05, 0.1) is 13.4 Å². The van der Waals surface area contributed by atoms with Crippen LogP contribution in [0.5, 0.6) is 5.75 Å². The van der Waals surface area contributed by atoms with Crippen molar-refractivity contribution in [3.8, 4) is 5.75 Å². The summed E-state index contributed by atoms with van der Waals surface area (Å²) in [7, 11) is 1.64. The average Bonchev–Trinajstić information content (AvgIpc) is 3.30. The minimum atomic E-state index is -0.572. The largest absolute Gasteiger partial charge is 0.493 e. The standard InChI is InChI=1S/C22H24O5/c1-4-5-16-12-22(20(11-18(16)23)26-13-27-22)14(2)10-15-6-7-19(24-3)21-17(15)8-9-25-21/h4,6-9,11,14,16H,1,5,10,12-13H2,2-3H3/t14-,16-,22+/m0/s1. The smallest absolute Gasteiger partial charge is 0.189 e. The maximum atomic E-state index is 12.4. The van der Waals surface area contributed by atoms with Crippen LogP contribution in [-0.4, -0.2) is 25.3 Å². The number of carbonyl (C=O) groups excluding carboxylic acids is 1. The molecule has 2 aromatic rings. The molecule has 2 aliphatic rings. The first kappa shape index (κ1) is 17.9. The fourth-order valence-electron chi connectivity index (χ4n) is 4.34. The van der Waals surface area contributed by atoms with E-state index in [1.807, 2.05) is 12.1 Å². The lowest BCUT2D eigenvalue weighted by molar-refractivity contribution is -0.123. The van der Waals surface area contributed by atoms with Crippen LogP contribution in [0.15, 0.2) is 53.4 Å². The monoisotopic (exact) mass is 368 g/mol. The van der Waals surface area contributed by atoms with Gasteiger partial charge in [-0.05, 0) is 42.9 Å². The normalized spacial score (nSPS) is 25.6. The maximum absolute atomic E-state index is 12.4. The summed E-state index contributed by atoms with van der Waals surface area (Å²) in [6, 6.07) is 5.96. The fraction of sp³-hybridized carbons (Fsp3) is 0.409. The Labute approximate surface area is 158 Å². The number of hydrogen-bond donors (Lipinski definition) is 0. The van der Waals surface area contributed by atoms with E-state index in [9.17, 15) is 4.79 Å². The molecule has 0 amide bonds. The van der Waals surface area contributed by atoms with Crippen molar-refractivity contribution in [2.45, 2.75) is 31.8 Å². The van der Waals surface area contributed by atoms with Crippen LogP contribution in [0.3, 0.4) is 0 Å². The summed E-state index contributed by atoms with van der Waals surface area (Å²) in [4.78, 5) is 12.4. The Bertz CT molecular complexity index is 909. The molecule has 5 heteroatoms. The van der Waals surface area contributed by atoms with Crippen molar-refractivity contribution >= 4 is 16.8 Å². The number of methoxy groups -OCH3 is 1. The first-order valence-electron chi connectivity index (χ1n) is 9.26. The molecule has 1 aliphatic heterocycles. The SMILES string of the molecule is C=CC[C@H]1C[C@]2([C@@H](C)Cc3ccc(OC)c4occc34)OCOC2=CC1=O. The minimum Gasteiger partial charge on any atom is -0.493 e. The van der Waals surface area contributed by atoms with Crippen molar-refractivity contribution in [2.75, 3.05) is 13.9 Å². The zero-order valence-corrected chi connectivity index (χ0v) is 15.7. The Balaban J connectivity index is 1.67. The van der Waals surface area contributed by atoms with Crippen LogP contribution in [0, 0.1) is 11.8 Å². The van der Waals surface area contributed by atoms with Gasteiger partial charge in [-0.1, -0.05) is 19.1 Å². The molecule has 2 heterocycles. The van der Waals surface area contributed by atoms with E-state index < -0.39 is 5.60 Å². The summed E-state index contributed by atoms with van der Waals surface area (Å²) in [5, 5.41) is 1.04. The molecule has 0 spiro atoms. The Kier molecular flexibility index (Phi) is 4.56. The molecule has 27 heavy (non-hydrogen) atoms. The second-order valence-electron chi connectivity index (χ2n) is 7.33. The molecule has 0 unspecified atom stereocenters. The van der Waals surface area contributed by atoms with E-state index in [1.54, 1.807) is 25.5 Å². The summed E-state index contributed by atoms with van der Waals surface area (Å²) in [6.45, 7) is 6.13. The summed E-state index contributed by atoms with van der Waals surface area (Å²) in [5.41, 5.74) is 1.34. The zero-order valence-electron chi connectivity index (χ0n) is 15.7. The van der Waals surface area contributed by atoms with E-state index in [2.05, 4.69) is 19.6 Å². The van der Waals surface area contributed by atoms with E-state index in [1.165, 1.54) is 0 Å². The number of benzene rings is 1. The van der Waals surface area contributed by atoms with Gasteiger partial charge in [-0.15, -0.1) is 6.58 Å². The van der Waals surface area contributed by atoms with Gasteiger partial charge in [-0.2, -0.15) is 0 Å². The van der Waals surface area contributed by atoms with E-state index in [0.29, 0.717) is 18.6 Å². The molecule has 1 aliphatic carbocycles. The van der Waals surface area contributed by atoms with Crippen molar-refractivity contribution in [3.63, 3.8) is 0 Å². The zero-order chi connectivity index (χ0) is 19.0. The second kappa shape index (κ2) is 6.89. The Morgan fingerprint density at radius 2 is 2.26 bits per heavy atom. The van der Waals surface area contributed by atoms with Crippen LogP contribution in [0.25, 0.3) is 11.0 Å². The van der Waals surface area contributed by atoms with E-state index in [-0.39, 0.29) is 24.4 Å². The molecule has 4 rings (SSSR count). The molecule has 1 aromatic carbocycles. The quantitative estimate of drug-likeness (QED) is 0.707. The van der Waals surface area contributed by atoms with E-state index in [0.717, 1.165) is 28.7 Å². The van der Waals surface area contributed by atoms with Crippen LogP contribution >= 0.6 is 0 Å². The Morgan fingerprint density at radius 3 is 3.04 bits per heavy atom. The first-order chi connectivity index (χ1) is 13.1. The van der Waals surface area contributed by atoms with Gasteiger partial charge in [0, 0.05) is 17.4 Å². The van der Waals surface area contributed by atoms with Crippen molar-refractivity contribution in [1.82, 2.24) is 0 Å². The van der Waals surface area contributed by atoms with Gasteiger partial charge >= 0.3 is 0 Å². The van der Waals surface area contributed by atoms with Crippen LogP contribution in [0.1, 0.15) is 25.3 Å². The molecule has 5 nitrogen and oxygen atoms in total. The third-order valence-electron chi connectivity index (χ3n) is 5.84. The molecule has 0 radical (unpaired) electrons. The molecule has 1 saturated heterocycles. The third-order valence-corrected chi connectivity index (χ3v) is 5.84. The van der Waals surface area contributed by atoms with Crippen molar-refractivity contribution in [2.24, 2.45) is 11.8 Å². The van der Waals surface area contributed by atoms with Crippen molar-refractivity contribution in [3.05, 3.63) is 54.5 Å². The number of furan rings is 1. The fourth-order valence-corrected chi connectivity index (χ4v) is 4.34. The first-order valence-corrected chi connectivity index (χ1v) is 9.26. The Hall–Kier alpha value is -2.53. The predicted molar refractivity (Wildman–Crippen MR) is 101 cm³/mol. The summed E-state index contributed by atoms with van der Waals surface area (Å²) < 4.78 is 22.8. The lowest BCUT2D eigenvalue weighted by Gasteiger charge is -2.38. The van der Waals surface area contributed by atoms with Gasteiger partial charge in [0.2, 0.25) is 0 Å². The summed E-state index contributed by atoms with van der Waals surface area (Å²) in [5.74, 6) is 1.50. The van der Waals surface area contributed by atoms with Gasteiger partial charge in [0.15, 0.2) is 23.9 Å². The number of fused-ring (bicyclic) bond motifs is 2. The van der Waals surface area contributed by atoms with Crippen LogP contribution in [-0.2, 0) is 20.7 Å². The number of hydrogen-bond acceptors (Lipinski definition) is 5. The maximum Gasteiger partial charge on any atom is 0.189 e. The molecule has 1 fully saturated rings. The second-order valence-corrected chi connectivity index (χ2v) is 7.33. The van der Waals surface area contributed by atoms with Crippen LogP contribution in [0.4, 0.5) is 0 Å². The van der Waals surface area contributed by atoms with Gasteiger partial charge in [-0.25, -0.2) is 0 Å². The lowest BCUT2D eigenvalue weighted by Crippen LogP contribution is -2.44. The number of ether oxygens (including phenoxy) is 3. The Morgan fingerprint density at radius 1 is 1.41 bits per heavy atom. The molecule has 0 bridgehead atoms. The molecule has 0 N–H and O–H groups in total. The number of rotatable bonds is 6. The molecule has 0 saturated carbocycles. The highest BCUT2D eigenvalue weighted by molar-refractivity contribution is 5.94. The van der Waals surface area contributed by atoms with E-state index >= 15 is 0 Å². The summed E-state index contributed by atoms with van der Waals surface area (Å²) >= 11 is 0. The number of ketones is 1. The highest BCUT2D eigenvalue weighted by Crippen LogP contribution is 2.46. The van der Waals surface area contributed by atoms with Crippen molar-refractivity contribution in [1.29, 1.82) is 0 Å². The van der Waals surface area contributed by atoms with E-state index in [4.69, 9.17) is 18.6 Å². The molecule has 3 atom stereocenters. The highest BCUT2D eigenvalue weighted by Gasteiger charge is 2.51. The molecular weight excluding hydrogens is 344 g/mol. The van der Waals surface area contributed by atoms with Crippen LogP contribution in [0.2, 0.25) is 0 Å². The lowest BCUT2D eigenvalue weighted by atomic mass is 9.71. The predicted octanol–water partition coefficient (Wildman–Crippen LogP) is 4.41. The number of carbonyl (C=O) groups is 1. The molecule has 1 aromatic heterocycles. The third kappa shape index (κ3) is 2.86. The van der Waals surface area contributed by atoms with Gasteiger partial charge in [-0.3, -0.25) is 4.79 Å².